The van der Waals surface area contributed by atoms with Crippen molar-refractivity contribution in [2.75, 3.05) is 33.8 Å². The van der Waals surface area contributed by atoms with E-state index in [0.717, 1.165) is 18.4 Å². The second-order valence-electron chi connectivity index (χ2n) is 5.99. The summed E-state index contributed by atoms with van der Waals surface area (Å²) in [7, 11) is 3.55. The minimum absolute atomic E-state index is 0.0173. The SMILES string of the molecule is Cc1ccc(OCC(=O)N2CCC(C(=O)N(C)C)CC2)cc1. The molecule has 0 aromatic heterocycles. The monoisotopic (exact) mass is 304 g/mol. The predicted octanol–water partition coefficient (Wildman–Crippen LogP) is 1.70. The average Bonchev–Trinajstić information content (AvgIpc) is 2.53. The largest absolute Gasteiger partial charge is 0.484 e. The Bertz CT molecular complexity index is 517. The van der Waals surface area contributed by atoms with Crippen molar-refractivity contribution in [2.24, 2.45) is 5.92 Å². The molecule has 1 aliphatic heterocycles. The molecule has 0 bridgehead atoms. The molecule has 0 atom stereocenters. The number of ether oxygens (including phenoxy) is 1. The van der Waals surface area contributed by atoms with Gasteiger partial charge in [-0.15, -0.1) is 0 Å². The number of piperidine rings is 1. The molecule has 1 aromatic carbocycles. The minimum Gasteiger partial charge on any atom is -0.484 e. The third-order valence-electron chi connectivity index (χ3n) is 4.02. The van der Waals surface area contributed by atoms with Gasteiger partial charge in [-0.3, -0.25) is 9.59 Å². The van der Waals surface area contributed by atoms with Crippen LogP contribution in [0.5, 0.6) is 5.75 Å². The number of amides is 2. The van der Waals surface area contributed by atoms with E-state index in [1.54, 1.807) is 23.9 Å². The second-order valence-corrected chi connectivity index (χ2v) is 5.99. The lowest BCUT2D eigenvalue weighted by molar-refractivity contribution is -0.140. The van der Waals surface area contributed by atoms with Crippen LogP contribution in [0.4, 0.5) is 0 Å². The van der Waals surface area contributed by atoms with Gasteiger partial charge in [0.1, 0.15) is 5.75 Å². The van der Waals surface area contributed by atoms with Crippen LogP contribution in [0, 0.1) is 12.8 Å². The van der Waals surface area contributed by atoms with Crippen LogP contribution in [-0.2, 0) is 9.59 Å². The van der Waals surface area contributed by atoms with E-state index in [9.17, 15) is 9.59 Å². The van der Waals surface area contributed by atoms with Crippen LogP contribution in [0.15, 0.2) is 24.3 Å². The fraction of sp³-hybridized carbons (Fsp3) is 0.529. The molecular weight excluding hydrogens is 280 g/mol. The molecule has 0 saturated carbocycles. The molecule has 22 heavy (non-hydrogen) atoms. The van der Waals surface area contributed by atoms with Gasteiger partial charge in [0.05, 0.1) is 0 Å². The maximum Gasteiger partial charge on any atom is 0.260 e. The van der Waals surface area contributed by atoms with Crippen LogP contribution < -0.4 is 4.74 Å². The third kappa shape index (κ3) is 4.23. The van der Waals surface area contributed by atoms with Gasteiger partial charge in [0.2, 0.25) is 5.91 Å². The Morgan fingerprint density at radius 1 is 1.18 bits per heavy atom. The fourth-order valence-corrected chi connectivity index (χ4v) is 2.61. The van der Waals surface area contributed by atoms with E-state index in [1.807, 2.05) is 31.2 Å². The Hall–Kier alpha value is -2.04. The first-order valence-electron chi connectivity index (χ1n) is 7.66. The molecule has 0 aliphatic carbocycles. The summed E-state index contributed by atoms with van der Waals surface area (Å²) in [5, 5.41) is 0. The summed E-state index contributed by atoms with van der Waals surface area (Å²) in [5.74, 6) is 0.882. The third-order valence-corrected chi connectivity index (χ3v) is 4.02. The number of likely N-dealkylation sites (tertiary alicyclic amines) is 1. The highest BCUT2D eigenvalue weighted by Gasteiger charge is 2.28. The maximum atomic E-state index is 12.2. The van der Waals surface area contributed by atoms with E-state index in [-0.39, 0.29) is 24.3 Å². The van der Waals surface area contributed by atoms with Gasteiger partial charge in [-0.25, -0.2) is 0 Å². The standard InChI is InChI=1S/C17H24N2O3/c1-13-4-6-15(7-5-13)22-12-16(20)19-10-8-14(9-11-19)17(21)18(2)3/h4-7,14H,8-12H2,1-3H3. The van der Waals surface area contributed by atoms with Crippen LogP contribution in [-0.4, -0.2) is 55.4 Å². The van der Waals surface area contributed by atoms with Gasteiger partial charge in [-0.05, 0) is 31.9 Å². The minimum atomic E-state index is -0.0173. The highest BCUT2D eigenvalue weighted by atomic mass is 16.5. The normalized spacial score (nSPS) is 15.5. The van der Waals surface area contributed by atoms with Crippen molar-refractivity contribution >= 4 is 11.8 Å². The molecule has 1 aliphatic rings. The molecule has 5 nitrogen and oxygen atoms in total. The van der Waals surface area contributed by atoms with Gasteiger partial charge in [0.25, 0.3) is 5.91 Å². The molecule has 0 N–H and O–H groups in total. The maximum absolute atomic E-state index is 12.2. The Balaban J connectivity index is 1.77. The molecule has 1 heterocycles. The van der Waals surface area contributed by atoms with Crippen molar-refractivity contribution < 1.29 is 14.3 Å². The summed E-state index contributed by atoms with van der Waals surface area (Å²) in [6.45, 7) is 3.31. The molecule has 0 unspecified atom stereocenters. The van der Waals surface area contributed by atoms with E-state index in [4.69, 9.17) is 4.74 Å². The molecule has 0 radical (unpaired) electrons. The van der Waals surface area contributed by atoms with Crippen molar-refractivity contribution in [3.63, 3.8) is 0 Å². The number of hydrogen-bond acceptors (Lipinski definition) is 3. The van der Waals surface area contributed by atoms with Crippen LogP contribution in [0.3, 0.4) is 0 Å². The lowest BCUT2D eigenvalue weighted by Gasteiger charge is -2.32. The lowest BCUT2D eigenvalue weighted by Crippen LogP contribution is -2.44. The molecule has 120 valence electrons. The Kier molecular flexibility index (Phi) is 5.41. The molecule has 5 heteroatoms. The number of rotatable bonds is 4. The van der Waals surface area contributed by atoms with E-state index in [0.29, 0.717) is 18.8 Å². The Morgan fingerprint density at radius 2 is 1.77 bits per heavy atom. The zero-order chi connectivity index (χ0) is 16.1. The first-order valence-corrected chi connectivity index (χ1v) is 7.66. The van der Waals surface area contributed by atoms with E-state index >= 15 is 0 Å². The number of carbonyl (C=O) groups is 2. The average molecular weight is 304 g/mol. The molecule has 1 fully saturated rings. The van der Waals surface area contributed by atoms with Crippen LogP contribution in [0.2, 0.25) is 0 Å². The quantitative estimate of drug-likeness (QED) is 0.851. The van der Waals surface area contributed by atoms with Gasteiger partial charge in [0.15, 0.2) is 6.61 Å². The van der Waals surface area contributed by atoms with Gasteiger partial charge in [-0.1, -0.05) is 17.7 Å². The summed E-state index contributed by atoms with van der Waals surface area (Å²) in [6.07, 6.45) is 1.46. The van der Waals surface area contributed by atoms with Crippen LogP contribution in [0.1, 0.15) is 18.4 Å². The molecule has 2 amide bonds. The Labute approximate surface area is 131 Å². The number of carbonyl (C=O) groups excluding carboxylic acids is 2. The smallest absolute Gasteiger partial charge is 0.260 e. The summed E-state index contributed by atoms with van der Waals surface area (Å²) in [5.41, 5.74) is 1.16. The van der Waals surface area contributed by atoms with E-state index < -0.39 is 0 Å². The second kappa shape index (κ2) is 7.29. The van der Waals surface area contributed by atoms with Crippen molar-refractivity contribution in [1.82, 2.24) is 9.80 Å². The highest BCUT2D eigenvalue weighted by molar-refractivity contribution is 5.80. The first-order chi connectivity index (χ1) is 10.5. The van der Waals surface area contributed by atoms with Crippen molar-refractivity contribution in [1.29, 1.82) is 0 Å². The number of benzene rings is 1. The van der Waals surface area contributed by atoms with Gasteiger partial charge < -0.3 is 14.5 Å². The lowest BCUT2D eigenvalue weighted by atomic mass is 9.95. The first kappa shape index (κ1) is 16.3. The van der Waals surface area contributed by atoms with E-state index in [1.165, 1.54) is 0 Å². The zero-order valence-corrected chi connectivity index (χ0v) is 13.5. The van der Waals surface area contributed by atoms with E-state index in [2.05, 4.69) is 0 Å². The molecular formula is C17H24N2O3. The molecule has 0 spiro atoms. The van der Waals surface area contributed by atoms with Gasteiger partial charge >= 0.3 is 0 Å². The van der Waals surface area contributed by atoms with Crippen molar-refractivity contribution in [2.45, 2.75) is 19.8 Å². The fourth-order valence-electron chi connectivity index (χ4n) is 2.61. The Morgan fingerprint density at radius 3 is 2.32 bits per heavy atom. The zero-order valence-electron chi connectivity index (χ0n) is 13.5. The summed E-state index contributed by atoms with van der Waals surface area (Å²) < 4.78 is 5.52. The van der Waals surface area contributed by atoms with Crippen LogP contribution >= 0.6 is 0 Å². The number of hydrogen-bond donors (Lipinski definition) is 0. The van der Waals surface area contributed by atoms with Crippen molar-refractivity contribution in [3.05, 3.63) is 29.8 Å². The summed E-state index contributed by atoms with van der Waals surface area (Å²) in [4.78, 5) is 27.5. The van der Waals surface area contributed by atoms with Gasteiger partial charge in [0, 0.05) is 33.1 Å². The number of nitrogens with zero attached hydrogens (tertiary/aromatic N) is 2. The highest BCUT2D eigenvalue weighted by Crippen LogP contribution is 2.19. The van der Waals surface area contributed by atoms with Crippen molar-refractivity contribution in [3.8, 4) is 5.75 Å². The number of aryl methyl sites for hydroxylation is 1. The molecule has 1 aromatic rings. The summed E-state index contributed by atoms with van der Waals surface area (Å²) in [6, 6.07) is 7.64. The molecule has 2 rings (SSSR count). The van der Waals surface area contributed by atoms with Gasteiger partial charge in [-0.2, -0.15) is 0 Å². The summed E-state index contributed by atoms with van der Waals surface area (Å²) >= 11 is 0. The molecule has 1 saturated heterocycles. The topological polar surface area (TPSA) is 49.9 Å². The predicted molar refractivity (Wildman–Crippen MR) is 84.7 cm³/mol. The van der Waals surface area contributed by atoms with Crippen LogP contribution in [0.25, 0.3) is 0 Å².